The van der Waals surface area contributed by atoms with Gasteiger partial charge in [0.15, 0.2) is 5.78 Å². The summed E-state index contributed by atoms with van der Waals surface area (Å²) >= 11 is 5.87. The van der Waals surface area contributed by atoms with E-state index in [1.165, 1.54) is 19.2 Å². The number of nitro benzene ring substituents is 1. The van der Waals surface area contributed by atoms with Crippen LogP contribution in [0.4, 0.5) is 5.69 Å². The Hall–Kier alpha value is -1.70. The van der Waals surface area contributed by atoms with Gasteiger partial charge in [-0.2, -0.15) is 0 Å². The lowest BCUT2D eigenvalue weighted by Gasteiger charge is -2.26. The molecule has 0 bridgehead atoms. The van der Waals surface area contributed by atoms with Crippen LogP contribution >= 0.6 is 11.6 Å². The fraction of sp³-hybridized carbons (Fsp3) is 0.462. The summed E-state index contributed by atoms with van der Waals surface area (Å²) in [7, 11) is 1.30. The van der Waals surface area contributed by atoms with E-state index in [1.54, 1.807) is 0 Å². The zero-order valence-corrected chi connectivity index (χ0v) is 12.4. The molecule has 1 heterocycles. The normalized spacial score (nSPS) is 15.7. The van der Waals surface area contributed by atoms with Crippen molar-refractivity contribution in [2.75, 3.05) is 39.8 Å². The SMILES string of the molecule is COc1c(C(=O)CN2CCNCC2)cc(Cl)cc1[N+](=O)[O-]. The second-order valence-corrected chi connectivity index (χ2v) is 5.15. The van der Waals surface area contributed by atoms with E-state index < -0.39 is 4.92 Å². The number of piperazine rings is 1. The molecule has 1 N–H and O–H groups in total. The zero-order valence-electron chi connectivity index (χ0n) is 11.6. The molecule has 0 saturated carbocycles. The molecule has 0 unspecified atom stereocenters. The molecule has 1 aliphatic heterocycles. The number of carbonyl (C=O) groups is 1. The van der Waals surface area contributed by atoms with Gasteiger partial charge < -0.3 is 10.1 Å². The van der Waals surface area contributed by atoms with Crippen molar-refractivity contribution in [1.29, 1.82) is 0 Å². The number of nitrogens with zero attached hydrogens (tertiary/aromatic N) is 2. The van der Waals surface area contributed by atoms with E-state index in [0.717, 1.165) is 26.2 Å². The largest absolute Gasteiger partial charge is 0.490 e. The summed E-state index contributed by atoms with van der Waals surface area (Å²) in [4.78, 5) is 24.8. The number of methoxy groups -OCH3 is 1. The Morgan fingerprint density at radius 1 is 1.48 bits per heavy atom. The van der Waals surface area contributed by atoms with Crippen LogP contribution in [0.2, 0.25) is 5.02 Å². The number of hydrogen-bond donors (Lipinski definition) is 1. The number of Topliss-reactive ketones (excluding diaryl/α,β-unsaturated/α-hetero) is 1. The highest BCUT2D eigenvalue weighted by molar-refractivity contribution is 6.31. The minimum absolute atomic E-state index is 0.0375. The smallest absolute Gasteiger partial charge is 0.313 e. The number of nitro groups is 1. The van der Waals surface area contributed by atoms with Gasteiger partial charge in [-0.1, -0.05) is 11.6 Å². The fourth-order valence-corrected chi connectivity index (χ4v) is 2.51. The molecule has 1 aliphatic rings. The van der Waals surface area contributed by atoms with Gasteiger partial charge in [0.1, 0.15) is 0 Å². The summed E-state index contributed by atoms with van der Waals surface area (Å²) in [6.45, 7) is 3.35. The zero-order chi connectivity index (χ0) is 15.4. The first-order valence-electron chi connectivity index (χ1n) is 6.51. The summed E-state index contributed by atoms with van der Waals surface area (Å²) in [6, 6.07) is 2.60. The van der Waals surface area contributed by atoms with Crippen LogP contribution in [-0.2, 0) is 0 Å². The molecular weight excluding hydrogens is 298 g/mol. The highest BCUT2D eigenvalue weighted by Crippen LogP contribution is 2.34. The molecule has 1 saturated heterocycles. The Morgan fingerprint density at radius 2 is 2.14 bits per heavy atom. The summed E-state index contributed by atoms with van der Waals surface area (Å²) in [6.07, 6.45) is 0. The monoisotopic (exact) mass is 313 g/mol. The average Bonchev–Trinajstić information content (AvgIpc) is 2.47. The van der Waals surface area contributed by atoms with Crippen LogP contribution < -0.4 is 10.1 Å². The molecule has 0 atom stereocenters. The lowest BCUT2D eigenvalue weighted by Crippen LogP contribution is -2.45. The number of hydrogen-bond acceptors (Lipinski definition) is 6. The highest BCUT2D eigenvalue weighted by Gasteiger charge is 2.25. The number of benzene rings is 1. The van der Waals surface area contributed by atoms with E-state index >= 15 is 0 Å². The van der Waals surface area contributed by atoms with Gasteiger partial charge in [-0.25, -0.2) is 0 Å². The Labute approximate surface area is 127 Å². The molecule has 0 spiro atoms. The van der Waals surface area contributed by atoms with Crippen molar-refractivity contribution in [1.82, 2.24) is 10.2 Å². The Balaban J connectivity index is 2.28. The van der Waals surface area contributed by atoms with Crippen LogP contribution in [0.15, 0.2) is 12.1 Å². The predicted molar refractivity (Wildman–Crippen MR) is 78.3 cm³/mol. The minimum Gasteiger partial charge on any atom is -0.490 e. The average molecular weight is 314 g/mol. The van der Waals surface area contributed by atoms with Gasteiger partial charge >= 0.3 is 5.69 Å². The maximum Gasteiger partial charge on any atom is 0.313 e. The van der Waals surface area contributed by atoms with Crippen molar-refractivity contribution in [2.45, 2.75) is 0 Å². The number of ether oxygens (including phenoxy) is 1. The summed E-state index contributed by atoms with van der Waals surface area (Å²) in [5, 5.41) is 14.4. The maximum absolute atomic E-state index is 12.4. The molecule has 1 fully saturated rings. The molecule has 1 aromatic carbocycles. The summed E-state index contributed by atoms with van der Waals surface area (Å²) in [5.41, 5.74) is -0.149. The Kier molecular flexibility index (Phi) is 5.11. The van der Waals surface area contributed by atoms with E-state index in [2.05, 4.69) is 5.32 Å². The fourth-order valence-electron chi connectivity index (χ4n) is 2.29. The van der Waals surface area contributed by atoms with E-state index in [0.29, 0.717) is 0 Å². The molecule has 114 valence electrons. The predicted octanol–water partition coefficient (Wildman–Crippen LogP) is 1.34. The number of carbonyl (C=O) groups excluding carboxylic acids is 1. The molecule has 0 aromatic heterocycles. The number of nitrogens with one attached hydrogen (secondary N) is 1. The van der Waals surface area contributed by atoms with Crippen LogP contribution in [-0.4, -0.2) is 55.4 Å². The molecule has 0 radical (unpaired) electrons. The minimum atomic E-state index is -0.605. The first kappa shape index (κ1) is 15.7. The van der Waals surface area contributed by atoms with Gasteiger partial charge in [0, 0.05) is 37.3 Å². The quantitative estimate of drug-likeness (QED) is 0.502. The topological polar surface area (TPSA) is 84.7 Å². The van der Waals surface area contributed by atoms with Gasteiger partial charge in [-0.05, 0) is 6.07 Å². The van der Waals surface area contributed by atoms with Crippen molar-refractivity contribution in [3.63, 3.8) is 0 Å². The highest BCUT2D eigenvalue weighted by atomic mass is 35.5. The van der Waals surface area contributed by atoms with Crippen LogP contribution in [0.1, 0.15) is 10.4 Å². The van der Waals surface area contributed by atoms with Crippen molar-refractivity contribution in [3.8, 4) is 5.75 Å². The van der Waals surface area contributed by atoms with Crippen LogP contribution in [0.25, 0.3) is 0 Å². The molecule has 1 aromatic rings. The molecule has 7 nitrogen and oxygen atoms in total. The van der Waals surface area contributed by atoms with Crippen LogP contribution in [0.5, 0.6) is 5.75 Å². The molecule has 8 heteroatoms. The molecular formula is C13H16ClN3O4. The van der Waals surface area contributed by atoms with Crippen molar-refractivity contribution in [3.05, 3.63) is 32.8 Å². The third-order valence-electron chi connectivity index (χ3n) is 3.31. The van der Waals surface area contributed by atoms with Crippen LogP contribution in [0.3, 0.4) is 0 Å². The summed E-state index contributed by atoms with van der Waals surface area (Å²) < 4.78 is 5.05. The lowest BCUT2D eigenvalue weighted by molar-refractivity contribution is -0.385. The molecule has 21 heavy (non-hydrogen) atoms. The maximum atomic E-state index is 12.4. The van der Waals surface area contributed by atoms with E-state index in [-0.39, 0.29) is 34.4 Å². The van der Waals surface area contributed by atoms with E-state index in [9.17, 15) is 14.9 Å². The first-order chi connectivity index (χ1) is 10.0. The third kappa shape index (κ3) is 3.69. The van der Waals surface area contributed by atoms with Crippen molar-refractivity contribution < 1.29 is 14.5 Å². The van der Waals surface area contributed by atoms with E-state index in [4.69, 9.17) is 16.3 Å². The summed E-state index contributed by atoms with van der Waals surface area (Å²) in [5.74, 6) is -0.274. The molecule has 0 aliphatic carbocycles. The lowest BCUT2D eigenvalue weighted by atomic mass is 10.1. The first-order valence-corrected chi connectivity index (χ1v) is 6.89. The third-order valence-corrected chi connectivity index (χ3v) is 3.53. The second-order valence-electron chi connectivity index (χ2n) is 4.71. The van der Waals surface area contributed by atoms with Gasteiger partial charge in [0.05, 0.1) is 24.1 Å². The standard InChI is InChI=1S/C13H16ClN3O4/c1-21-13-10(6-9(14)7-11(13)17(19)20)12(18)8-16-4-2-15-3-5-16/h6-7,15H,2-5,8H2,1H3. The Bertz CT molecular complexity index is 559. The number of halogens is 1. The molecule has 2 rings (SSSR count). The van der Waals surface area contributed by atoms with Crippen LogP contribution in [0, 0.1) is 10.1 Å². The van der Waals surface area contributed by atoms with Crippen molar-refractivity contribution >= 4 is 23.1 Å². The van der Waals surface area contributed by atoms with Gasteiger partial charge in [0.25, 0.3) is 0 Å². The van der Waals surface area contributed by atoms with Gasteiger partial charge in [-0.15, -0.1) is 0 Å². The van der Waals surface area contributed by atoms with Crippen molar-refractivity contribution in [2.24, 2.45) is 0 Å². The van der Waals surface area contributed by atoms with E-state index in [1.807, 2.05) is 4.90 Å². The van der Waals surface area contributed by atoms with Gasteiger partial charge in [-0.3, -0.25) is 19.8 Å². The van der Waals surface area contributed by atoms with Gasteiger partial charge in [0.2, 0.25) is 5.75 Å². The molecule has 0 amide bonds. The number of rotatable bonds is 5. The second kappa shape index (κ2) is 6.84. The number of ketones is 1. The Morgan fingerprint density at radius 3 is 2.71 bits per heavy atom.